The Kier molecular flexibility index (Phi) is 7.63. The Balaban J connectivity index is 1.81. The van der Waals surface area contributed by atoms with Crippen LogP contribution in [-0.2, 0) is 0 Å². The number of benzene rings is 3. The first-order valence-electron chi connectivity index (χ1n) is 10.3. The highest BCUT2D eigenvalue weighted by Gasteiger charge is 2.15. The zero-order valence-corrected chi connectivity index (χ0v) is 19.5. The van der Waals surface area contributed by atoms with Crippen molar-refractivity contribution >= 4 is 29.3 Å². The summed E-state index contributed by atoms with van der Waals surface area (Å²) in [5, 5.41) is 3.74. The second-order valence-corrected chi connectivity index (χ2v) is 9.52. The number of nitrogens with one attached hydrogen (secondary N) is 1. The van der Waals surface area contributed by atoms with E-state index in [0.717, 1.165) is 15.5 Å². The Morgan fingerprint density at radius 2 is 1.67 bits per heavy atom. The summed E-state index contributed by atoms with van der Waals surface area (Å²) in [6, 6.07) is 22.5. The zero-order valence-electron chi connectivity index (χ0n) is 17.9. The van der Waals surface area contributed by atoms with Gasteiger partial charge in [-0.3, -0.25) is 4.79 Å². The molecule has 2 nitrogen and oxygen atoms in total. The van der Waals surface area contributed by atoms with Crippen molar-refractivity contribution in [3.05, 3.63) is 94.0 Å². The number of carbonyl (C=O) groups excluding carboxylic acids is 1. The van der Waals surface area contributed by atoms with Gasteiger partial charge in [0.05, 0.1) is 0 Å². The summed E-state index contributed by atoms with van der Waals surface area (Å²) < 4.78 is 0. The number of hydrogen-bond donors (Lipinski definition) is 1. The van der Waals surface area contributed by atoms with Crippen molar-refractivity contribution in [1.82, 2.24) is 5.32 Å². The van der Waals surface area contributed by atoms with E-state index in [4.69, 9.17) is 11.6 Å². The van der Waals surface area contributed by atoms with Crippen LogP contribution in [0.2, 0.25) is 5.02 Å². The van der Waals surface area contributed by atoms with E-state index < -0.39 is 0 Å². The second-order valence-electron chi connectivity index (χ2n) is 8.00. The number of halogens is 1. The Morgan fingerprint density at radius 3 is 2.33 bits per heavy atom. The van der Waals surface area contributed by atoms with E-state index in [9.17, 15) is 4.79 Å². The van der Waals surface area contributed by atoms with Crippen LogP contribution in [0, 0.1) is 12.8 Å². The molecule has 1 amide bonds. The Hall–Kier alpha value is -2.23. The number of amides is 1. The highest BCUT2D eigenvalue weighted by Crippen LogP contribution is 2.38. The Bertz CT molecular complexity index is 1010. The number of rotatable bonds is 7. The van der Waals surface area contributed by atoms with Crippen molar-refractivity contribution < 1.29 is 4.79 Å². The van der Waals surface area contributed by atoms with Crippen LogP contribution in [0.3, 0.4) is 0 Å². The molecular formula is C26H28ClNOS. The lowest BCUT2D eigenvalue weighted by atomic mass is 9.93. The molecule has 0 aromatic heterocycles. The maximum atomic E-state index is 12.4. The molecule has 1 unspecified atom stereocenters. The van der Waals surface area contributed by atoms with Crippen LogP contribution in [0.5, 0.6) is 0 Å². The van der Waals surface area contributed by atoms with Gasteiger partial charge in [-0.25, -0.2) is 0 Å². The average Bonchev–Trinajstić information content (AvgIpc) is 2.74. The third-order valence-corrected chi connectivity index (χ3v) is 6.61. The Morgan fingerprint density at radius 1 is 0.967 bits per heavy atom. The predicted molar refractivity (Wildman–Crippen MR) is 128 cm³/mol. The van der Waals surface area contributed by atoms with Gasteiger partial charge in [0.25, 0.3) is 5.91 Å². The fourth-order valence-corrected chi connectivity index (χ4v) is 4.51. The lowest BCUT2D eigenvalue weighted by Gasteiger charge is -2.18. The second kappa shape index (κ2) is 10.2. The van der Waals surface area contributed by atoms with E-state index in [1.807, 2.05) is 30.3 Å². The lowest BCUT2D eigenvalue weighted by molar-refractivity contribution is 0.0949. The molecule has 3 aromatic carbocycles. The molecule has 0 saturated carbocycles. The largest absolute Gasteiger partial charge is 0.352 e. The molecule has 1 atom stereocenters. The van der Waals surface area contributed by atoms with Crippen molar-refractivity contribution in [2.45, 2.75) is 43.4 Å². The van der Waals surface area contributed by atoms with Crippen molar-refractivity contribution in [2.24, 2.45) is 5.92 Å². The minimum atomic E-state index is -0.0138. The van der Waals surface area contributed by atoms with Gasteiger partial charge < -0.3 is 5.32 Å². The van der Waals surface area contributed by atoms with Gasteiger partial charge in [-0.1, -0.05) is 74.5 Å². The summed E-state index contributed by atoms with van der Waals surface area (Å²) in [5.41, 5.74) is 4.33. The smallest absolute Gasteiger partial charge is 0.251 e. The molecule has 0 bridgehead atoms. The van der Waals surface area contributed by atoms with E-state index in [1.54, 1.807) is 11.8 Å². The summed E-state index contributed by atoms with van der Waals surface area (Å²) in [5.74, 6) is 0.677. The van der Waals surface area contributed by atoms with Gasteiger partial charge in [0, 0.05) is 32.8 Å². The molecule has 0 spiro atoms. The van der Waals surface area contributed by atoms with Gasteiger partial charge in [0.15, 0.2) is 0 Å². The summed E-state index contributed by atoms with van der Waals surface area (Å²) in [7, 11) is 0. The van der Waals surface area contributed by atoms with Crippen LogP contribution in [-0.4, -0.2) is 12.5 Å². The van der Waals surface area contributed by atoms with Crippen molar-refractivity contribution in [3.8, 4) is 0 Å². The topological polar surface area (TPSA) is 29.1 Å². The molecule has 156 valence electrons. The zero-order chi connectivity index (χ0) is 21.7. The molecule has 0 radical (unpaired) electrons. The van der Waals surface area contributed by atoms with Crippen LogP contribution in [0.25, 0.3) is 0 Å². The number of hydrogen-bond acceptors (Lipinski definition) is 2. The minimum absolute atomic E-state index is 0.0138. The fraction of sp³-hybridized carbons (Fsp3) is 0.269. The normalized spacial score (nSPS) is 12.1. The highest BCUT2D eigenvalue weighted by atomic mass is 35.5. The first-order chi connectivity index (χ1) is 14.3. The van der Waals surface area contributed by atoms with E-state index in [-0.39, 0.29) is 11.8 Å². The van der Waals surface area contributed by atoms with E-state index in [1.165, 1.54) is 16.0 Å². The molecule has 3 rings (SSSR count). The molecule has 4 heteroatoms. The molecule has 1 N–H and O–H groups in total. The van der Waals surface area contributed by atoms with Crippen LogP contribution in [0.1, 0.15) is 53.7 Å². The first kappa shape index (κ1) is 22.5. The van der Waals surface area contributed by atoms with E-state index in [2.05, 4.69) is 69.4 Å². The molecule has 0 fully saturated rings. The van der Waals surface area contributed by atoms with Crippen LogP contribution in [0.15, 0.2) is 76.5 Å². The molecule has 0 heterocycles. The Labute approximate surface area is 189 Å². The average molecular weight is 438 g/mol. The minimum Gasteiger partial charge on any atom is -0.352 e. The SMILES string of the molecule is Cc1cc(C(=O)NCC(C)C)ccc1Sc1ccccc1C(C)c1ccc(Cl)cc1. The summed E-state index contributed by atoms with van der Waals surface area (Å²) >= 11 is 7.80. The van der Waals surface area contributed by atoms with E-state index in [0.29, 0.717) is 18.0 Å². The van der Waals surface area contributed by atoms with Crippen LogP contribution >= 0.6 is 23.4 Å². The molecular weight excluding hydrogens is 410 g/mol. The number of aryl methyl sites for hydroxylation is 1. The monoisotopic (exact) mass is 437 g/mol. The van der Waals surface area contributed by atoms with Gasteiger partial charge >= 0.3 is 0 Å². The first-order valence-corrected chi connectivity index (χ1v) is 11.5. The molecule has 30 heavy (non-hydrogen) atoms. The van der Waals surface area contributed by atoms with Gasteiger partial charge in [0.1, 0.15) is 0 Å². The molecule has 3 aromatic rings. The van der Waals surface area contributed by atoms with Crippen LogP contribution in [0.4, 0.5) is 0 Å². The van der Waals surface area contributed by atoms with Crippen molar-refractivity contribution in [2.75, 3.05) is 6.54 Å². The standard InChI is InChI=1S/C26H28ClNOS/c1-17(2)16-28-26(29)21-11-14-24(18(3)15-21)30-25-8-6-5-7-23(25)19(4)20-9-12-22(27)13-10-20/h5-15,17,19H,16H2,1-4H3,(H,28,29). The van der Waals surface area contributed by atoms with Gasteiger partial charge in [-0.2, -0.15) is 0 Å². The van der Waals surface area contributed by atoms with Crippen molar-refractivity contribution in [1.29, 1.82) is 0 Å². The summed E-state index contributed by atoms with van der Waals surface area (Å²) in [6.45, 7) is 9.15. The molecule has 0 aliphatic heterocycles. The van der Waals surface area contributed by atoms with Gasteiger partial charge in [0.2, 0.25) is 0 Å². The molecule has 0 saturated heterocycles. The highest BCUT2D eigenvalue weighted by molar-refractivity contribution is 7.99. The third-order valence-electron chi connectivity index (χ3n) is 5.08. The van der Waals surface area contributed by atoms with Gasteiger partial charge in [-0.05, 0) is 65.9 Å². The predicted octanol–water partition coefficient (Wildman–Crippen LogP) is 7.34. The fourth-order valence-electron chi connectivity index (χ4n) is 3.28. The van der Waals surface area contributed by atoms with Crippen molar-refractivity contribution in [3.63, 3.8) is 0 Å². The van der Waals surface area contributed by atoms with Crippen LogP contribution < -0.4 is 5.32 Å². The summed E-state index contributed by atoms with van der Waals surface area (Å²) in [6.07, 6.45) is 0. The third kappa shape index (κ3) is 5.68. The quantitative estimate of drug-likeness (QED) is 0.419. The van der Waals surface area contributed by atoms with E-state index >= 15 is 0 Å². The molecule has 0 aliphatic rings. The lowest BCUT2D eigenvalue weighted by Crippen LogP contribution is -2.27. The maximum Gasteiger partial charge on any atom is 0.251 e. The summed E-state index contributed by atoms with van der Waals surface area (Å²) in [4.78, 5) is 14.7. The molecule has 0 aliphatic carbocycles. The number of carbonyl (C=O) groups is 1. The van der Waals surface area contributed by atoms with Gasteiger partial charge in [-0.15, -0.1) is 0 Å². The maximum absolute atomic E-state index is 12.4.